The van der Waals surface area contributed by atoms with E-state index in [0.717, 1.165) is 16.1 Å². The van der Waals surface area contributed by atoms with Gasteiger partial charge in [0.2, 0.25) is 10.0 Å². The van der Waals surface area contributed by atoms with Crippen LogP contribution in [0.15, 0.2) is 15.8 Å². The molecule has 0 bridgehead atoms. The summed E-state index contributed by atoms with van der Waals surface area (Å²) in [5.41, 5.74) is 9.00. The fourth-order valence-corrected chi connectivity index (χ4v) is 5.59. The molecule has 110 valence electrons. The molecule has 0 aromatic carbocycles. The van der Waals surface area contributed by atoms with E-state index in [2.05, 4.69) is 4.98 Å². The van der Waals surface area contributed by atoms with Gasteiger partial charge in [-0.2, -0.15) is 4.31 Å². The van der Waals surface area contributed by atoms with E-state index in [-0.39, 0.29) is 6.54 Å². The van der Waals surface area contributed by atoms with Crippen molar-refractivity contribution in [3.8, 4) is 0 Å². The number of rotatable bonds is 5. The van der Waals surface area contributed by atoms with Crippen molar-refractivity contribution in [2.24, 2.45) is 5.73 Å². The van der Waals surface area contributed by atoms with Gasteiger partial charge in [-0.05, 0) is 24.8 Å². The number of thiazole rings is 1. The Balaban J connectivity index is 2.35. The van der Waals surface area contributed by atoms with Crippen LogP contribution in [0, 0.1) is 13.8 Å². The third-order valence-electron chi connectivity index (χ3n) is 3.05. The van der Waals surface area contributed by atoms with Crippen molar-refractivity contribution in [2.45, 2.75) is 31.8 Å². The van der Waals surface area contributed by atoms with Gasteiger partial charge in [0, 0.05) is 29.9 Å². The average molecular weight is 331 g/mol. The lowest BCUT2D eigenvalue weighted by molar-refractivity contribution is 0.468. The molecule has 0 spiro atoms. The molecule has 0 unspecified atom stereocenters. The minimum Gasteiger partial charge on any atom is -0.326 e. The summed E-state index contributed by atoms with van der Waals surface area (Å²) >= 11 is 2.86. The Morgan fingerprint density at radius 1 is 1.30 bits per heavy atom. The number of sulfonamides is 1. The summed E-state index contributed by atoms with van der Waals surface area (Å²) < 4.78 is 26.7. The summed E-state index contributed by atoms with van der Waals surface area (Å²) in [4.78, 5) is 6.16. The smallest absolute Gasteiger partial charge is 0.244 e. The second kappa shape index (κ2) is 5.90. The van der Waals surface area contributed by atoms with E-state index in [4.69, 9.17) is 5.73 Å². The molecule has 8 heteroatoms. The molecule has 0 aliphatic carbocycles. The largest absolute Gasteiger partial charge is 0.326 e. The lowest BCUT2D eigenvalue weighted by Gasteiger charge is -2.17. The van der Waals surface area contributed by atoms with Gasteiger partial charge < -0.3 is 5.73 Å². The number of thiophene rings is 1. The van der Waals surface area contributed by atoms with Crippen LogP contribution in [-0.4, -0.2) is 24.8 Å². The van der Waals surface area contributed by atoms with E-state index in [1.54, 1.807) is 19.5 Å². The van der Waals surface area contributed by atoms with Gasteiger partial charge in [-0.25, -0.2) is 13.4 Å². The van der Waals surface area contributed by atoms with Crippen molar-refractivity contribution in [3.05, 3.63) is 31.9 Å². The quantitative estimate of drug-likeness (QED) is 0.910. The molecule has 2 aromatic heterocycles. The Hall–Kier alpha value is -0.800. The molecular weight excluding hydrogens is 314 g/mol. The first-order valence-corrected chi connectivity index (χ1v) is 9.20. The van der Waals surface area contributed by atoms with Crippen LogP contribution in [0.3, 0.4) is 0 Å². The zero-order valence-electron chi connectivity index (χ0n) is 11.6. The SMILES string of the molecule is Cc1csc(CN)c1S(=O)(=O)N(C)Cc1scnc1C. The lowest BCUT2D eigenvalue weighted by Crippen LogP contribution is -2.27. The number of nitrogens with two attached hydrogens (primary N) is 1. The molecule has 0 aliphatic heterocycles. The summed E-state index contributed by atoms with van der Waals surface area (Å²) in [6, 6.07) is 0. The third kappa shape index (κ3) is 2.79. The topological polar surface area (TPSA) is 76.3 Å². The first-order chi connectivity index (χ1) is 9.37. The zero-order valence-corrected chi connectivity index (χ0v) is 14.0. The summed E-state index contributed by atoms with van der Waals surface area (Å²) in [6.45, 7) is 4.25. The number of hydrogen-bond donors (Lipinski definition) is 1. The van der Waals surface area contributed by atoms with Gasteiger partial charge in [-0.3, -0.25) is 0 Å². The molecule has 2 aromatic rings. The van der Waals surface area contributed by atoms with Crippen molar-refractivity contribution in [3.63, 3.8) is 0 Å². The Labute approximate surface area is 127 Å². The van der Waals surface area contributed by atoms with Crippen LogP contribution >= 0.6 is 22.7 Å². The molecule has 5 nitrogen and oxygen atoms in total. The molecular formula is C12H17N3O2S3. The van der Waals surface area contributed by atoms with Crippen LogP contribution in [0.4, 0.5) is 0 Å². The molecule has 2 rings (SSSR count). The highest BCUT2D eigenvalue weighted by Crippen LogP contribution is 2.29. The Bertz CT molecular complexity index is 703. The van der Waals surface area contributed by atoms with E-state index in [1.165, 1.54) is 27.0 Å². The third-order valence-corrected chi connectivity index (χ3v) is 7.26. The fraction of sp³-hybridized carbons (Fsp3) is 0.417. The summed E-state index contributed by atoms with van der Waals surface area (Å²) in [5, 5.41) is 1.83. The monoisotopic (exact) mass is 331 g/mol. The van der Waals surface area contributed by atoms with Gasteiger partial charge in [-0.15, -0.1) is 22.7 Å². The van der Waals surface area contributed by atoms with Gasteiger partial charge >= 0.3 is 0 Å². The average Bonchev–Trinajstić information content (AvgIpc) is 2.96. The van der Waals surface area contributed by atoms with E-state index < -0.39 is 10.0 Å². The Morgan fingerprint density at radius 2 is 2.00 bits per heavy atom. The molecule has 0 amide bonds. The summed E-state index contributed by atoms with van der Waals surface area (Å²) in [6.07, 6.45) is 0. The maximum Gasteiger partial charge on any atom is 0.244 e. The fourth-order valence-electron chi connectivity index (χ4n) is 1.90. The van der Waals surface area contributed by atoms with Crippen LogP contribution in [0.25, 0.3) is 0 Å². The number of nitrogens with zero attached hydrogens (tertiary/aromatic N) is 2. The second-order valence-electron chi connectivity index (χ2n) is 4.50. The normalized spacial score (nSPS) is 12.2. The Kier molecular flexibility index (Phi) is 4.60. The molecule has 0 fully saturated rings. The highest BCUT2D eigenvalue weighted by Gasteiger charge is 2.27. The van der Waals surface area contributed by atoms with Crippen LogP contribution in [0.5, 0.6) is 0 Å². The van der Waals surface area contributed by atoms with Crippen molar-refractivity contribution < 1.29 is 8.42 Å². The van der Waals surface area contributed by atoms with E-state index in [9.17, 15) is 8.42 Å². The molecule has 0 saturated carbocycles. The van der Waals surface area contributed by atoms with Crippen molar-refractivity contribution in [2.75, 3.05) is 7.05 Å². The van der Waals surface area contributed by atoms with Gasteiger partial charge in [0.25, 0.3) is 0 Å². The minimum atomic E-state index is -3.52. The van der Waals surface area contributed by atoms with Gasteiger partial charge in [0.05, 0.1) is 11.2 Å². The maximum absolute atomic E-state index is 12.7. The van der Waals surface area contributed by atoms with Gasteiger partial charge in [0.1, 0.15) is 4.90 Å². The van der Waals surface area contributed by atoms with Crippen molar-refractivity contribution in [1.82, 2.24) is 9.29 Å². The first-order valence-electron chi connectivity index (χ1n) is 6.00. The number of aromatic nitrogens is 1. The molecule has 0 radical (unpaired) electrons. The van der Waals surface area contributed by atoms with Crippen LogP contribution in [0.1, 0.15) is 21.0 Å². The standard InChI is InChI=1S/C12H17N3O2S3/c1-8-6-18-10(4-13)12(8)20(16,17)15(3)5-11-9(2)14-7-19-11/h6-7H,4-5,13H2,1-3H3. The van der Waals surface area contributed by atoms with Gasteiger partial charge in [-0.1, -0.05) is 0 Å². The zero-order chi connectivity index (χ0) is 14.9. The lowest BCUT2D eigenvalue weighted by atomic mass is 10.3. The molecule has 2 heterocycles. The minimum absolute atomic E-state index is 0.237. The van der Waals surface area contributed by atoms with Gasteiger partial charge in [0.15, 0.2) is 0 Å². The highest BCUT2D eigenvalue weighted by atomic mass is 32.2. The molecule has 0 aliphatic rings. The predicted molar refractivity (Wildman–Crippen MR) is 82.5 cm³/mol. The molecule has 20 heavy (non-hydrogen) atoms. The second-order valence-corrected chi connectivity index (χ2v) is 8.38. The van der Waals surface area contributed by atoms with E-state index >= 15 is 0 Å². The summed E-state index contributed by atoms with van der Waals surface area (Å²) in [7, 11) is -1.93. The Morgan fingerprint density at radius 3 is 2.55 bits per heavy atom. The molecule has 0 saturated heterocycles. The van der Waals surface area contributed by atoms with Crippen LogP contribution in [0.2, 0.25) is 0 Å². The summed E-state index contributed by atoms with van der Waals surface area (Å²) in [5.74, 6) is 0. The maximum atomic E-state index is 12.7. The van der Waals surface area contributed by atoms with E-state index in [0.29, 0.717) is 16.3 Å². The van der Waals surface area contributed by atoms with Crippen molar-refractivity contribution >= 4 is 32.7 Å². The number of aryl methyl sites for hydroxylation is 2. The number of hydrogen-bond acceptors (Lipinski definition) is 6. The molecule has 2 N–H and O–H groups in total. The molecule has 0 atom stereocenters. The predicted octanol–water partition coefficient (Wildman–Crippen LogP) is 2.10. The van der Waals surface area contributed by atoms with Crippen molar-refractivity contribution in [1.29, 1.82) is 0 Å². The highest BCUT2D eigenvalue weighted by molar-refractivity contribution is 7.89. The van der Waals surface area contributed by atoms with E-state index in [1.807, 2.05) is 12.3 Å². The van der Waals surface area contributed by atoms with Crippen LogP contribution in [-0.2, 0) is 23.1 Å². The van der Waals surface area contributed by atoms with Crippen LogP contribution < -0.4 is 5.73 Å². The first kappa shape index (κ1) is 15.6.